The van der Waals surface area contributed by atoms with Crippen molar-refractivity contribution in [1.29, 1.82) is 0 Å². The summed E-state index contributed by atoms with van der Waals surface area (Å²) in [6.45, 7) is 9.95. The molecule has 1 fully saturated rings. The Hall–Kier alpha value is -2.34. The number of benzene rings is 1. The smallest absolute Gasteiger partial charge is 0.321 e. The Labute approximate surface area is 148 Å². The molecule has 2 aromatic rings. The van der Waals surface area contributed by atoms with Crippen LogP contribution >= 0.6 is 0 Å². The van der Waals surface area contributed by atoms with Gasteiger partial charge in [0.05, 0.1) is 6.20 Å². The molecule has 1 aliphatic heterocycles. The Morgan fingerprint density at radius 1 is 1.40 bits per heavy atom. The van der Waals surface area contributed by atoms with Crippen LogP contribution in [0.5, 0.6) is 0 Å². The van der Waals surface area contributed by atoms with Gasteiger partial charge < -0.3 is 14.6 Å². The van der Waals surface area contributed by atoms with E-state index < -0.39 is 0 Å². The topological polar surface area (TPSA) is 61.6 Å². The molecular weight excluding hydrogens is 316 g/mol. The van der Waals surface area contributed by atoms with E-state index in [0.29, 0.717) is 11.9 Å². The fourth-order valence-corrected chi connectivity index (χ4v) is 3.41. The van der Waals surface area contributed by atoms with Crippen molar-refractivity contribution in [3.63, 3.8) is 0 Å². The van der Waals surface area contributed by atoms with Crippen molar-refractivity contribution in [3.05, 3.63) is 36.2 Å². The van der Waals surface area contributed by atoms with Crippen molar-refractivity contribution in [1.82, 2.24) is 14.8 Å². The second-order valence-corrected chi connectivity index (χ2v) is 6.41. The third-order valence-corrected chi connectivity index (χ3v) is 4.94. The van der Waals surface area contributed by atoms with Crippen LogP contribution in [0.15, 0.2) is 35.1 Å². The van der Waals surface area contributed by atoms with E-state index in [0.717, 1.165) is 49.4 Å². The zero-order chi connectivity index (χ0) is 17.8. The van der Waals surface area contributed by atoms with Crippen LogP contribution < -0.4 is 5.32 Å². The summed E-state index contributed by atoms with van der Waals surface area (Å²) < 4.78 is 5.34. The number of oxazole rings is 1. The number of hydrogen-bond acceptors (Lipinski definition) is 4. The first-order valence-corrected chi connectivity index (χ1v) is 8.92. The van der Waals surface area contributed by atoms with E-state index in [1.54, 1.807) is 12.5 Å². The van der Waals surface area contributed by atoms with Crippen molar-refractivity contribution in [3.8, 4) is 11.5 Å². The second kappa shape index (κ2) is 7.70. The molecule has 0 spiro atoms. The molecule has 1 atom stereocenters. The molecule has 6 nitrogen and oxygen atoms in total. The Balaban J connectivity index is 1.68. The molecule has 1 N–H and O–H groups in total. The van der Waals surface area contributed by atoms with Gasteiger partial charge in [-0.05, 0) is 44.1 Å². The van der Waals surface area contributed by atoms with Crippen molar-refractivity contribution in [2.45, 2.75) is 33.2 Å². The van der Waals surface area contributed by atoms with Crippen LogP contribution in [0.3, 0.4) is 0 Å². The van der Waals surface area contributed by atoms with E-state index in [1.807, 2.05) is 30.0 Å². The number of carbonyl (C=O) groups is 1. The lowest BCUT2D eigenvalue weighted by atomic mass is 10.1. The highest BCUT2D eigenvalue weighted by Gasteiger charge is 2.29. The van der Waals surface area contributed by atoms with Crippen molar-refractivity contribution in [2.75, 3.05) is 31.5 Å². The Morgan fingerprint density at radius 2 is 2.20 bits per heavy atom. The van der Waals surface area contributed by atoms with Gasteiger partial charge in [-0.2, -0.15) is 0 Å². The second-order valence-electron chi connectivity index (χ2n) is 6.41. The minimum atomic E-state index is -0.0395. The number of urea groups is 1. The average molecular weight is 342 g/mol. The Morgan fingerprint density at radius 3 is 2.88 bits per heavy atom. The quantitative estimate of drug-likeness (QED) is 0.902. The number of likely N-dealkylation sites (tertiary alicyclic amines) is 1. The van der Waals surface area contributed by atoms with Gasteiger partial charge in [-0.3, -0.25) is 4.90 Å². The predicted octanol–water partition coefficient (Wildman–Crippen LogP) is 3.60. The Bertz CT molecular complexity index is 710. The molecule has 0 unspecified atom stereocenters. The van der Waals surface area contributed by atoms with Gasteiger partial charge in [0.1, 0.15) is 6.26 Å². The van der Waals surface area contributed by atoms with Crippen molar-refractivity contribution in [2.24, 2.45) is 0 Å². The SMILES string of the molecule is CCN(CC)[C@@H]1CCN(C(=O)Nc2cc(-c3ncco3)ccc2C)C1. The molecule has 0 radical (unpaired) electrons. The molecule has 6 heteroatoms. The number of amides is 2. The highest BCUT2D eigenvalue weighted by Crippen LogP contribution is 2.25. The molecule has 1 aliphatic rings. The number of aryl methyl sites for hydroxylation is 1. The van der Waals surface area contributed by atoms with E-state index in [1.165, 1.54) is 0 Å². The number of carbonyl (C=O) groups excluding carboxylic acids is 1. The summed E-state index contributed by atoms with van der Waals surface area (Å²) >= 11 is 0. The molecule has 2 amide bonds. The zero-order valence-corrected chi connectivity index (χ0v) is 15.2. The zero-order valence-electron chi connectivity index (χ0n) is 15.2. The van der Waals surface area contributed by atoms with Crippen LogP contribution in [-0.2, 0) is 0 Å². The van der Waals surface area contributed by atoms with Gasteiger partial charge in [0.25, 0.3) is 0 Å². The summed E-state index contributed by atoms with van der Waals surface area (Å²) in [7, 11) is 0. The molecule has 3 rings (SSSR count). The van der Waals surface area contributed by atoms with Gasteiger partial charge in [-0.15, -0.1) is 0 Å². The third kappa shape index (κ3) is 3.85. The van der Waals surface area contributed by atoms with E-state index in [-0.39, 0.29) is 6.03 Å². The van der Waals surface area contributed by atoms with Crippen LogP contribution in [0.4, 0.5) is 10.5 Å². The normalized spacial score (nSPS) is 17.3. The molecule has 0 aliphatic carbocycles. The summed E-state index contributed by atoms with van der Waals surface area (Å²) in [5.41, 5.74) is 2.67. The van der Waals surface area contributed by atoms with E-state index in [9.17, 15) is 4.79 Å². The van der Waals surface area contributed by atoms with Gasteiger partial charge in [-0.1, -0.05) is 19.9 Å². The predicted molar refractivity (Wildman–Crippen MR) is 98.6 cm³/mol. The molecule has 1 aromatic heterocycles. The number of likely N-dealkylation sites (N-methyl/N-ethyl adjacent to an activating group) is 1. The summed E-state index contributed by atoms with van der Waals surface area (Å²) in [6, 6.07) is 6.25. The maximum atomic E-state index is 12.7. The molecule has 0 saturated carbocycles. The maximum Gasteiger partial charge on any atom is 0.321 e. The molecule has 2 heterocycles. The molecule has 0 bridgehead atoms. The number of nitrogens with zero attached hydrogens (tertiary/aromatic N) is 3. The molecule has 25 heavy (non-hydrogen) atoms. The summed E-state index contributed by atoms with van der Waals surface area (Å²) in [6.07, 6.45) is 4.19. The first-order valence-electron chi connectivity index (χ1n) is 8.92. The van der Waals surface area contributed by atoms with Gasteiger partial charge in [0, 0.05) is 30.4 Å². The summed E-state index contributed by atoms with van der Waals surface area (Å²) in [5, 5.41) is 3.05. The minimum absolute atomic E-state index is 0.0395. The number of anilines is 1. The van der Waals surface area contributed by atoms with Gasteiger partial charge in [0.2, 0.25) is 5.89 Å². The van der Waals surface area contributed by atoms with Gasteiger partial charge >= 0.3 is 6.03 Å². The van der Waals surface area contributed by atoms with E-state index in [4.69, 9.17) is 4.42 Å². The first kappa shape index (κ1) is 17.5. The highest BCUT2D eigenvalue weighted by molar-refractivity contribution is 5.91. The Kier molecular flexibility index (Phi) is 5.38. The van der Waals surface area contributed by atoms with Crippen molar-refractivity contribution >= 4 is 11.7 Å². The lowest BCUT2D eigenvalue weighted by molar-refractivity contribution is 0.202. The van der Waals surface area contributed by atoms with Crippen LogP contribution in [0.25, 0.3) is 11.5 Å². The summed E-state index contributed by atoms with van der Waals surface area (Å²) in [4.78, 5) is 21.2. The lowest BCUT2D eigenvalue weighted by Gasteiger charge is -2.26. The fraction of sp³-hybridized carbons (Fsp3) is 0.474. The fourth-order valence-electron chi connectivity index (χ4n) is 3.41. The average Bonchev–Trinajstić information content (AvgIpc) is 3.30. The van der Waals surface area contributed by atoms with E-state index in [2.05, 4.69) is 29.0 Å². The third-order valence-electron chi connectivity index (χ3n) is 4.94. The lowest BCUT2D eigenvalue weighted by Crippen LogP contribution is -2.39. The largest absolute Gasteiger partial charge is 0.445 e. The van der Waals surface area contributed by atoms with Crippen LogP contribution in [-0.4, -0.2) is 53.0 Å². The number of hydrogen-bond donors (Lipinski definition) is 1. The molecule has 134 valence electrons. The van der Waals surface area contributed by atoms with Gasteiger partial charge in [0.15, 0.2) is 0 Å². The van der Waals surface area contributed by atoms with Crippen LogP contribution in [0.1, 0.15) is 25.8 Å². The van der Waals surface area contributed by atoms with Gasteiger partial charge in [-0.25, -0.2) is 9.78 Å². The molecule has 1 aromatic carbocycles. The maximum absolute atomic E-state index is 12.7. The van der Waals surface area contributed by atoms with Crippen LogP contribution in [0, 0.1) is 6.92 Å². The molecular formula is C19H26N4O2. The standard InChI is InChI=1S/C19H26N4O2/c1-4-22(5-2)16-8-10-23(13-16)19(24)21-17-12-15(7-6-14(17)3)18-20-9-11-25-18/h6-7,9,11-12,16H,4-5,8,10,13H2,1-3H3,(H,21,24)/t16-/m1/s1. The highest BCUT2D eigenvalue weighted by atomic mass is 16.3. The molecule has 1 saturated heterocycles. The van der Waals surface area contributed by atoms with Crippen LogP contribution in [0.2, 0.25) is 0 Å². The summed E-state index contributed by atoms with van der Waals surface area (Å²) in [5.74, 6) is 0.554. The first-order chi connectivity index (χ1) is 12.1. The van der Waals surface area contributed by atoms with Crippen molar-refractivity contribution < 1.29 is 9.21 Å². The van der Waals surface area contributed by atoms with E-state index >= 15 is 0 Å². The number of aromatic nitrogens is 1. The minimum Gasteiger partial charge on any atom is -0.445 e. The number of rotatable bonds is 5. The monoisotopic (exact) mass is 342 g/mol. The number of nitrogens with one attached hydrogen (secondary N) is 1.